The summed E-state index contributed by atoms with van der Waals surface area (Å²) in [7, 11) is 0. The fourth-order valence-electron chi connectivity index (χ4n) is 3.20. The monoisotopic (exact) mass is 290 g/mol. The standard InChI is InChI=1S/C18H18N4/c1-11-9-13(3)22-18(20-11)16-15(14-7-5-4-6-8-14)10-12(2)19-17(16)21-22/h4-10,18H,1-3H3,(H,19,21). The van der Waals surface area contributed by atoms with Crippen molar-refractivity contribution in [2.45, 2.75) is 26.9 Å². The van der Waals surface area contributed by atoms with Crippen LogP contribution in [0.2, 0.25) is 0 Å². The molecular weight excluding hydrogens is 272 g/mol. The number of anilines is 1. The van der Waals surface area contributed by atoms with Gasteiger partial charge in [-0.1, -0.05) is 30.3 Å². The van der Waals surface area contributed by atoms with Crippen LogP contribution in [-0.2, 0) is 0 Å². The van der Waals surface area contributed by atoms with Gasteiger partial charge in [0.1, 0.15) is 0 Å². The summed E-state index contributed by atoms with van der Waals surface area (Å²) in [5, 5.41) is 2.09. The van der Waals surface area contributed by atoms with Crippen molar-refractivity contribution in [1.29, 1.82) is 0 Å². The van der Waals surface area contributed by atoms with E-state index in [9.17, 15) is 0 Å². The van der Waals surface area contributed by atoms with Gasteiger partial charge in [0.25, 0.3) is 0 Å². The first-order chi connectivity index (χ1) is 10.6. The zero-order chi connectivity index (χ0) is 15.3. The third-order valence-electron chi connectivity index (χ3n) is 4.12. The Morgan fingerprint density at radius 3 is 2.64 bits per heavy atom. The minimum absolute atomic E-state index is 0.0386. The highest BCUT2D eigenvalue weighted by molar-refractivity contribution is 5.94. The summed E-state index contributed by atoms with van der Waals surface area (Å²) >= 11 is 0. The van der Waals surface area contributed by atoms with E-state index in [0.717, 1.165) is 28.5 Å². The lowest BCUT2D eigenvalue weighted by atomic mass is 9.98. The summed E-state index contributed by atoms with van der Waals surface area (Å²) in [6, 6.07) is 12.6. The van der Waals surface area contributed by atoms with Crippen LogP contribution in [0.4, 0.5) is 5.82 Å². The Morgan fingerprint density at radius 2 is 1.86 bits per heavy atom. The Kier molecular flexibility index (Phi) is 2.79. The molecule has 2 aliphatic rings. The SMILES string of the molecule is CC1=CC(C)=NC2c3c(-c4ccccc4)cc(C)nc3NN12. The molecule has 0 saturated heterocycles. The first kappa shape index (κ1) is 13.1. The molecule has 110 valence electrons. The van der Waals surface area contributed by atoms with Gasteiger partial charge in [-0.3, -0.25) is 15.4 Å². The number of allylic oxidation sites excluding steroid dienone is 2. The van der Waals surface area contributed by atoms with Gasteiger partial charge in [0, 0.05) is 17.1 Å². The number of aromatic nitrogens is 1. The minimum atomic E-state index is -0.0386. The maximum absolute atomic E-state index is 4.82. The highest BCUT2D eigenvalue weighted by Crippen LogP contribution is 2.44. The van der Waals surface area contributed by atoms with E-state index in [2.05, 4.69) is 58.8 Å². The van der Waals surface area contributed by atoms with E-state index in [1.165, 1.54) is 11.1 Å². The van der Waals surface area contributed by atoms with Crippen molar-refractivity contribution in [2.24, 2.45) is 4.99 Å². The number of fused-ring (bicyclic) bond motifs is 3. The molecule has 1 atom stereocenters. The molecular formula is C18H18N4. The summed E-state index contributed by atoms with van der Waals surface area (Å²) in [5.41, 5.74) is 10.2. The molecule has 4 heteroatoms. The number of aliphatic imine (C=N–C) groups is 1. The van der Waals surface area contributed by atoms with Gasteiger partial charge in [-0.25, -0.2) is 4.98 Å². The third kappa shape index (κ3) is 1.91. The van der Waals surface area contributed by atoms with Gasteiger partial charge in [-0.05, 0) is 44.0 Å². The molecule has 0 aliphatic carbocycles. The number of hydrogen-bond acceptors (Lipinski definition) is 4. The molecule has 1 unspecified atom stereocenters. The fourth-order valence-corrected chi connectivity index (χ4v) is 3.20. The molecule has 22 heavy (non-hydrogen) atoms. The number of hydrazine groups is 1. The summed E-state index contributed by atoms with van der Waals surface area (Å²) < 4.78 is 0. The quantitative estimate of drug-likeness (QED) is 0.860. The number of nitrogens with zero attached hydrogens (tertiary/aromatic N) is 3. The molecule has 1 aromatic carbocycles. The summed E-state index contributed by atoms with van der Waals surface area (Å²) in [6.45, 7) is 6.17. The zero-order valence-corrected chi connectivity index (χ0v) is 13.0. The van der Waals surface area contributed by atoms with E-state index < -0.39 is 0 Å². The molecule has 0 fully saturated rings. The highest BCUT2D eigenvalue weighted by Gasteiger charge is 2.35. The maximum atomic E-state index is 4.82. The van der Waals surface area contributed by atoms with Gasteiger partial charge in [0.15, 0.2) is 12.0 Å². The molecule has 0 amide bonds. The van der Waals surface area contributed by atoms with Crippen LogP contribution in [0.1, 0.15) is 31.3 Å². The molecule has 0 spiro atoms. The molecule has 4 rings (SSSR count). The Balaban J connectivity index is 1.94. The molecule has 3 heterocycles. The van der Waals surface area contributed by atoms with Gasteiger partial charge < -0.3 is 0 Å². The molecule has 0 saturated carbocycles. The predicted molar refractivity (Wildman–Crippen MR) is 89.5 cm³/mol. The largest absolute Gasteiger partial charge is 0.279 e. The smallest absolute Gasteiger partial charge is 0.169 e. The van der Waals surface area contributed by atoms with Crippen molar-refractivity contribution in [1.82, 2.24) is 9.99 Å². The number of hydrogen-bond donors (Lipinski definition) is 1. The van der Waals surface area contributed by atoms with E-state index >= 15 is 0 Å². The molecule has 1 N–H and O–H groups in total. The maximum Gasteiger partial charge on any atom is 0.169 e. The van der Waals surface area contributed by atoms with E-state index in [-0.39, 0.29) is 6.17 Å². The van der Waals surface area contributed by atoms with Crippen LogP contribution in [0.15, 0.2) is 53.2 Å². The lowest BCUT2D eigenvalue weighted by Gasteiger charge is -2.28. The van der Waals surface area contributed by atoms with Gasteiger partial charge >= 0.3 is 0 Å². The van der Waals surface area contributed by atoms with Crippen LogP contribution in [0.25, 0.3) is 11.1 Å². The van der Waals surface area contributed by atoms with Crippen LogP contribution >= 0.6 is 0 Å². The van der Waals surface area contributed by atoms with Gasteiger partial charge in [-0.15, -0.1) is 0 Å². The van der Waals surface area contributed by atoms with Crippen molar-refractivity contribution < 1.29 is 0 Å². The molecule has 0 bridgehead atoms. The number of rotatable bonds is 1. The van der Waals surface area contributed by atoms with Crippen molar-refractivity contribution in [3.63, 3.8) is 0 Å². The van der Waals surface area contributed by atoms with Crippen molar-refractivity contribution in [3.05, 3.63) is 59.4 Å². The number of pyridine rings is 1. The Morgan fingerprint density at radius 1 is 1.09 bits per heavy atom. The van der Waals surface area contributed by atoms with Gasteiger partial charge in [0.05, 0.1) is 5.56 Å². The third-order valence-corrected chi connectivity index (χ3v) is 4.12. The van der Waals surface area contributed by atoms with Crippen LogP contribution in [0, 0.1) is 6.92 Å². The first-order valence-electron chi connectivity index (χ1n) is 7.49. The second-order valence-electron chi connectivity index (χ2n) is 5.85. The molecule has 1 aromatic heterocycles. The molecule has 4 nitrogen and oxygen atoms in total. The Labute approximate surface area is 130 Å². The van der Waals surface area contributed by atoms with Crippen molar-refractivity contribution >= 4 is 11.5 Å². The van der Waals surface area contributed by atoms with E-state index in [0.29, 0.717) is 0 Å². The van der Waals surface area contributed by atoms with Crippen LogP contribution in [0.3, 0.4) is 0 Å². The molecule has 2 aliphatic heterocycles. The lowest BCUT2D eigenvalue weighted by molar-refractivity contribution is 0.335. The van der Waals surface area contributed by atoms with Gasteiger partial charge in [0.2, 0.25) is 0 Å². The molecule has 2 aromatic rings. The minimum Gasteiger partial charge on any atom is -0.279 e. The summed E-state index contributed by atoms with van der Waals surface area (Å²) in [4.78, 5) is 9.49. The lowest BCUT2D eigenvalue weighted by Crippen LogP contribution is -2.28. The second kappa shape index (κ2) is 4.70. The van der Waals surface area contributed by atoms with Crippen molar-refractivity contribution in [2.75, 3.05) is 5.43 Å². The number of aryl methyl sites for hydroxylation is 1. The summed E-state index contributed by atoms with van der Waals surface area (Å²) in [6.07, 6.45) is 2.05. The van der Waals surface area contributed by atoms with E-state index in [4.69, 9.17) is 4.99 Å². The number of benzene rings is 1. The second-order valence-corrected chi connectivity index (χ2v) is 5.85. The summed E-state index contributed by atoms with van der Waals surface area (Å²) in [5.74, 6) is 0.912. The first-order valence-corrected chi connectivity index (χ1v) is 7.49. The highest BCUT2D eigenvalue weighted by atomic mass is 15.6. The van der Waals surface area contributed by atoms with Crippen LogP contribution in [0.5, 0.6) is 0 Å². The molecule has 0 radical (unpaired) electrons. The average molecular weight is 290 g/mol. The van der Waals surface area contributed by atoms with Gasteiger partial charge in [-0.2, -0.15) is 0 Å². The Hall–Kier alpha value is -2.62. The normalized spacial score (nSPS) is 19.0. The van der Waals surface area contributed by atoms with Crippen LogP contribution in [-0.4, -0.2) is 15.7 Å². The van der Waals surface area contributed by atoms with E-state index in [1.54, 1.807) is 0 Å². The average Bonchev–Trinajstić information content (AvgIpc) is 2.86. The van der Waals surface area contributed by atoms with E-state index in [1.807, 2.05) is 19.9 Å². The zero-order valence-electron chi connectivity index (χ0n) is 13.0. The van der Waals surface area contributed by atoms with Crippen molar-refractivity contribution in [3.8, 4) is 11.1 Å². The number of nitrogens with one attached hydrogen (secondary N) is 1. The Bertz CT molecular complexity index is 805. The topological polar surface area (TPSA) is 40.5 Å². The van der Waals surface area contributed by atoms with Crippen LogP contribution < -0.4 is 5.43 Å². The predicted octanol–water partition coefficient (Wildman–Crippen LogP) is 4.08. The fraction of sp³-hybridized carbons (Fsp3) is 0.222.